The van der Waals surface area contributed by atoms with Gasteiger partial charge < -0.3 is 9.47 Å². The molecule has 2 heterocycles. The third kappa shape index (κ3) is 2.79. The quantitative estimate of drug-likeness (QED) is 0.580. The third-order valence-corrected chi connectivity index (χ3v) is 7.17. The van der Waals surface area contributed by atoms with Crippen LogP contribution in [0, 0.1) is 16.0 Å². The Kier molecular flexibility index (Phi) is 4.28. The van der Waals surface area contributed by atoms with Gasteiger partial charge in [-0.05, 0) is 31.5 Å². The zero-order chi connectivity index (χ0) is 18.6. The highest BCUT2D eigenvalue weighted by atomic mass is 32.2. The SMILES string of the molecule is COc1cc([N+](=O)[O-])cc2c1OC1(SC(C)(C)C(C)CN1C)C(C)=C2. The summed E-state index contributed by atoms with van der Waals surface area (Å²) >= 11 is 1.78. The van der Waals surface area contributed by atoms with Gasteiger partial charge in [0.15, 0.2) is 11.5 Å². The monoisotopic (exact) mass is 364 g/mol. The summed E-state index contributed by atoms with van der Waals surface area (Å²) in [7, 11) is 3.56. The molecule has 2 aliphatic rings. The van der Waals surface area contributed by atoms with Gasteiger partial charge in [-0.1, -0.05) is 32.5 Å². The van der Waals surface area contributed by atoms with E-state index in [1.54, 1.807) is 11.8 Å². The second-order valence-electron chi connectivity index (χ2n) is 7.32. The molecule has 2 atom stereocenters. The first-order valence-corrected chi connectivity index (χ1v) is 9.08. The summed E-state index contributed by atoms with van der Waals surface area (Å²) in [5.74, 6) is 1.45. The number of hydrogen-bond acceptors (Lipinski definition) is 6. The van der Waals surface area contributed by atoms with E-state index in [-0.39, 0.29) is 10.4 Å². The summed E-state index contributed by atoms with van der Waals surface area (Å²) < 4.78 is 11.9. The molecular formula is C18H24N2O4S. The molecule has 1 spiro atoms. The topological polar surface area (TPSA) is 64.8 Å². The average Bonchev–Trinajstić information content (AvgIpc) is 2.52. The summed E-state index contributed by atoms with van der Waals surface area (Å²) in [4.78, 5) is 13.0. The molecule has 0 N–H and O–H groups in total. The van der Waals surface area contributed by atoms with Gasteiger partial charge in [0.05, 0.1) is 18.1 Å². The van der Waals surface area contributed by atoms with Crippen molar-refractivity contribution in [3.63, 3.8) is 0 Å². The summed E-state index contributed by atoms with van der Waals surface area (Å²) in [5.41, 5.74) is 1.70. The van der Waals surface area contributed by atoms with E-state index in [1.807, 2.05) is 13.0 Å². The molecule has 25 heavy (non-hydrogen) atoms. The maximum absolute atomic E-state index is 11.2. The lowest BCUT2D eigenvalue weighted by Gasteiger charge is -2.54. The van der Waals surface area contributed by atoms with Crippen LogP contribution in [0.25, 0.3) is 6.08 Å². The standard InChI is InChI=1S/C18H24N2O4S/c1-11-7-13-8-14(20(21)22)9-15(23-6)16(13)24-18(11)19(5)10-12(2)17(3,4)25-18/h7-9,12H,10H2,1-6H3. The van der Waals surface area contributed by atoms with Crippen molar-refractivity contribution >= 4 is 23.5 Å². The van der Waals surface area contributed by atoms with Gasteiger partial charge in [-0.15, -0.1) is 0 Å². The zero-order valence-corrected chi connectivity index (χ0v) is 16.3. The second-order valence-corrected chi connectivity index (χ2v) is 9.13. The number of hydrogen-bond donors (Lipinski definition) is 0. The lowest BCUT2D eigenvalue weighted by Crippen LogP contribution is -2.60. The van der Waals surface area contributed by atoms with Gasteiger partial charge in [-0.3, -0.25) is 15.0 Å². The van der Waals surface area contributed by atoms with Crippen molar-refractivity contribution in [3.05, 3.63) is 33.4 Å². The van der Waals surface area contributed by atoms with Gasteiger partial charge in [-0.25, -0.2) is 0 Å². The van der Waals surface area contributed by atoms with E-state index in [0.717, 1.165) is 12.1 Å². The number of ether oxygens (including phenoxy) is 2. The molecule has 0 radical (unpaired) electrons. The molecule has 2 aliphatic heterocycles. The van der Waals surface area contributed by atoms with Crippen LogP contribution in [0.5, 0.6) is 11.5 Å². The van der Waals surface area contributed by atoms with Crippen molar-refractivity contribution in [3.8, 4) is 11.5 Å². The fourth-order valence-corrected chi connectivity index (χ4v) is 4.96. The second kappa shape index (κ2) is 5.92. The number of methoxy groups -OCH3 is 1. The fraction of sp³-hybridized carbons (Fsp3) is 0.556. The fourth-order valence-electron chi connectivity index (χ4n) is 3.39. The van der Waals surface area contributed by atoms with Crippen molar-refractivity contribution in [1.29, 1.82) is 0 Å². The predicted octanol–water partition coefficient (Wildman–Crippen LogP) is 4.15. The Morgan fingerprint density at radius 3 is 2.72 bits per heavy atom. The Labute approximate surface area is 152 Å². The van der Waals surface area contributed by atoms with E-state index in [2.05, 4.69) is 32.7 Å². The number of nitro groups is 1. The minimum absolute atomic E-state index is 0.00203. The maximum atomic E-state index is 11.2. The summed E-state index contributed by atoms with van der Waals surface area (Å²) in [6, 6.07) is 2.96. The predicted molar refractivity (Wildman–Crippen MR) is 100 cm³/mol. The molecule has 1 fully saturated rings. The largest absolute Gasteiger partial charge is 0.493 e. The van der Waals surface area contributed by atoms with Crippen LogP contribution >= 0.6 is 11.8 Å². The first-order valence-electron chi connectivity index (χ1n) is 8.26. The minimum atomic E-state index is -0.633. The molecule has 6 nitrogen and oxygen atoms in total. The van der Waals surface area contributed by atoms with Crippen LogP contribution in [0.2, 0.25) is 0 Å². The van der Waals surface area contributed by atoms with Crippen molar-refractivity contribution < 1.29 is 14.4 Å². The van der Waals surface area contributed by atoms with Crippen molar-refractivity contribution in [2.24, 2.45) is 5.92 Å². The highest BCUT2D eigenvalue weighted by Gasteiger charge is 2.52. The van der Waals surface area contributed by atoms with Gasteiger partial charge >= 0.3 is 0 Å². The Morgan fingerprint density at radius 2 is 2.12 bits per heavy atom. The summed E-state index contributed by atoms with van der Waals surface area (Å²) in [5, 5.41) is 10.5. The third-order valence-electron chi connectivity index (χ3n) is 5.25. The van der Waals surface area contributed by atoms with Crippen molar-refractivity contribution in [1.82, 2.24) is 4.90 Å². The zero-order valence-electron chi connectivity index (χ0n) is 15.5. The number of non-ortho nitro benzene ring substituents is 1. The van der Waals surface area contributed by atoms with Crippen molar-refractivity contribution in [2.45, 2.75) is 37.5 Å². The average molecular weight is 364 g/mol. The van der Waals surface area contributed by atoms with Crippen LogP contribution in [0.4, 0.5) is 5.69 Å². The number of nitrogens with zero attached hydrogens (tertiary/aromatic N) is 2. The van der Waals surface area contributed by atoms with Gasteiger partial charge in [0.2, 0.25) is 5.06 Å². The Hall–Kier alpha value is -1.73. The molecule has 1 aromatic carbocycles. The van der Waals surface area contributed by atoms with Crippen LogP contribution in [0.3, 0.4) is 0 Å². The highest BCUT2D eigenvalue weighted by molar-refractivity contribution is 8.02. The summed E-state index contributed by atoms with van der Waals surface area (Å²) in [6.07, 6.45) is 1.98. The van der Waals surface area contributed by atoms with Crippen LogP contribution < -0.4 is 9.47 Å². The number of thioether (sulfide) groups is 1. The van der Waals surface area contributed by atoms with Crippen LogP contribution in [0.15, 0.2) is 17.7 Å². The molecule has 0 aliphatic carbocycles. The Bertz CT molecular complexity index is 762. The van der Waals surface area contributed by atoms with Crippen molar-refractivity contribution in [2.75, 3.05) is 20.7 Å². The highest BCUT2D eigenvalue weighted by Crippen LogP contribution is 2.55. The Balaban J connectivity index is 2.13. The molecule has 0 amide bonds. The van der Waals surface area contributed by atoms with Crippen LogP contribution in [-0.2, 0) is 0 Å². The molecule has 0 aromatic heterocycles. The van der Waals surface area contributed by atoms with E-state index < -0.39 is 9.98 Å². The molecule has 3 rings (SSSR count). The van der Waals surface area contributed by atoms with Crippen LogP contribution in [0.1, 0.15) is 33.3 Å². The molecular weight excluding hydrogens is 340 g/mol. The van der Waals surface area contributed by atoms with Gasteiger partial charge in [0.25, 0.3) is 5.69 Å². The number of likely N-dealkylation sites (N-methyl/N-ethyl adjacent to an activating group) is 1. The van der Waals surface area contributed by atoms with Gasteiger partial charge in [-0.2, -0.15) is 0 Å². The first-order chi connectivity index (χ1) is 11.6. The van der Waals surface area contributed by atoms with E-state index in [9.17, 15) is 10.1 Å². The molecule has 7 heteroatoms. The molecule has 136 valence electrons. The lowest BCUT2D eigenvalue weighted by molar-refractivity contribution is -0.385. The first kappa shape index (κ1) is 18.1. The molecule has 1 aromatic rings. The van der Waals surface area contributed by atoms with E-state index in [4.69, 9.17) is 9.47 Å². The number of benzene rings is 1. The molecule has 1 saturated heterocycles. The normalized spacial score (nSPS) is 28.1. The van der Waals surface area contributed by atoms with E-state index >= 15 is 0 Å². The smallest absolute Gasteiger partial charge is 0.274 e. The molecule has 0 bridgehead atoms. The summed E-state index contributed by atoms with van der Waals surface area (Å²) in [6.45, 7) is 9.63. The molecule has 2 unspecified atom stereocenters. The van der Waals surface area contributed by atoms with Crippen LogP contribution in [-0.4, -0.2) is 40.3 Å². The van der Waals surface area contributed by atoms with Gasteiger partial charge in [0, 0.05) is 22.9 Å². The number of fused-ring (bicyclic) bond motifs is 1. The maximum Gasteiger partial charge on any atom is 0.274 e. The lowest BCUT2D eigenvalue weighted by atomic mass is 9.95. The van der Waals surface area contributed by atoms with E-state index in [1.165, 1.54) is 19.2 Å². The number of rotatable bonds is 2. The minimum Gasteiger partial charge on any atom is -0.493 e. The van der Waals surface area contributed by atoms with E-state index in [0.29, 0.717) is 23.0 Å². The molecule has 0 saturated carbocycles. The van der Waals surface area contributed by atoms with Gasteiger partial charge in [0.1, 0.15) is 0 Å². The Morgan fingerprint density at radius 1 is 1.44 bits per heavy atom. The number of nitro benzene ring substituents is 1.